The van der Waals surface area contributed by atoms with Gasteiger partial charge in [0.05, 0.1) is 16.7 Å². The molecule has 1 aliphatic heterocycles. The number of piperidine rings is 1. The minimum Gasteiger partial charge on any atom is -0.444 e. The van der Waals surface area contributed by atoms with Crippen molar-refractivity contribution >= 4 is 11.8 Å². The molecule has 7 heteroatoms. The van der Waals surface area contributed by atoms with E-state index < -0.39 is 10.5 Å². The second kappa shape index (κ2) is 6.52. The first-order valence-corrected chi connectivity index (χ1v) is 7.77. The lowest BCUT2D eigenvalue weighted by Gasteiger charge is -2.38. The summed E-state index contributed by atoms with van der Waals surface area (Å²) in [5.74, 6) is 0.386. The predicted octanol–water partition coefficient (Wildman–Crippen LogP) is 3.70. The van der Waals surface area contributed by atoms with Crippen LogP contribution in [0.2, 0.25) is 0 Å². The molecule has 1 aromatic heterocycles. The highest BCUT2D eigenvalue weighted by molar-refractivity contribution is 5.69. The third-order valence-corrected chi connectivity index (χ3v) is 3.77. The minimum absolute atomic E-state index is 0.0539. The Labute approximate surface area is 135 Å². The fourth-order valence-corrected chi connectivity index (χ4v) is 2.69. The normalized spacial score (nSPS) is 21.8. The Balaban J connectivity index is 2.22. The summed E-state index contributed by atoms with van der Waals surface area (Å²) < 4.78 is 5.49. The molecule has 7 nitrogen and oxygen atoms in total. The average Bonchev–Trinajstić information content (AvgIpc) is 2.45. The Morgan fingerprint density at radius 1 is 1.39 bits per heavy atom. The number of carbonyl (C=O) groups excluding carboxylic acids is 1. The maximum absolute atomic E-state index is 12.5. The van der Waals surface area contributed by atoms with Crippen LogP contribution in [0.4, 0.5) is 10.5 Å². The molecule has 0 bridgehead atoms. The highest BCUT2D eigenvalue weighted by Gasteiger charge is 2.34. The van der Waals surface area contributed by atoms with Gasteiger partial charge in [-0.05, 0) is 45.6 Å². The molecule has 0 radical (unpaired) electrons. The van der Waals surface area contributed by atoms with Crippen LogP contribution < -0.4 is 0 Å². The van der Waals surface area contributed by atoms with Crippen molar-refractivity contribution in [2.75, 3.05) is 6.54 Å². The molecule has 0 unspecified atom stereocenters. The lowest BCUT2D eigenvalue weighted by Crippen LogP contribution is -2.44. The van der Waals surface area contributed by atoms with Crippen LogP contribution in [0.3, 0.4) is 0 Å². The number of rotatable bonds is 2. The van der Waals surface area contributed by atoms with E-state index in [2.05, 4.69) is 11.9 Å². The Morgan fingerprint density at radius 3 is 2.61 bits per heavy atom. The van der Waals surface area contributed by atoms with Gasteiger partial charge in [-0.1, -0.05) is 6.92 Å². The van der Waals surface area contributed by atoms with Crippen LogP contribution in [0.1, 0.15) is 52.3 Å². The van der Waals surface area contributed by atoms with Crippen LogP contribution in [0.25, 0.3) is 0 Å². The molecule has 1 saturated heterocycles. The lowest BCUT2D eigenvalue weighted by atomic mass is 9.92. The zero-order valence-electron chi connectivity index (χ0n) is 14.0. The molecular formula is C16H23N3O4. The summed E-state index contributed by atoms with van der Waals surface area (Å²) in [6, 6.07) is 2.84. The molecule has 1 fully saturated rings. The molecule has 2 rings (SSSR count). The van der Waals surface area contributed by atoms with E-state index in [0.717, 1.165) is 12.8 Å². The van der Waals surface area contributed by atoms with E-state index in [0.29, 0.717) is 18.2 Å². The molecule has 1 aromatic rings. The van der Waals surface area contributed by atoms with Crippen LogP contribution in [-0.4, -0.2) is 33.0 Å². The quantitative estimate of drug-likeness (QED) is 0.612. The summed E-state index contributed by atoms with van der Waals surface area (Å²) in [5.41, 5.74) is 0.0423. The lowest BCUT2D eigenvalue weighted by molar-refractivity contribution is -0.385. The van der Waals surface area contributed by atoms with Gasteiger partial charge in [-0.3, -0.25) is 20.0 Å². The van der Waals surface area contributed by atoms with Crippen LogP contribution in [0, 0.1) is 16.0 Å². The van der Waals surface area contributed by atoms with E-state index in [4.69, 9.17) is 4.74 Å². The van der Waals surface area contributed by atoms with E-state index in [1.807, 2.05) is 20.8 Å². The number of pyridine rings is 1. The van der Waals surface area contributed by atoms with Gasteiger partial charge in [-0.15, -0.1) is 0 Å². The molecule has 0 spiro atoms. The van der Waals surface area contributed by atoms with Crippen molar-refractivity contribution in [1.29, 1.82) is 0 Å². The van der Waals surface area contributed by atoms with E-state index >= 15 is 0 Å². The predicted molar refractivity (Wildman–Crippen MR) is 85.0 cm³/mol. The molecule has 2 atom stereocenters. The monoisotopic (exact) mass is 321 g/mol. The fourth-order valence-electron chi connectivity index (χ4n) is 2.69. The van der Waals surface area contributed by atoms with Gasteiger partial charge in [0.25, 0.3) is 5.69 Å². The molecule has 2 heterocycles. The summed E-state index contributed by atoms with van der Waals surface area (Å²) in [6.45, 7) is 8.18. The van der Waals surface area contributed by atoms with Crippen molar-refractivity contribution < 1.29 is 14.5 Å². The van der Waals surface area contributed by atoms with Crippen molar-refractivity contribution in [3.63, 3.8) is 0 Å². The zero-order chi connectivity index (χ0) is 17.2. The molecule has 23 heavy (non-hydrogen) atoms. The van der Waals surface area contributed by atoms with E-state index in [1.165, 1.54) is 12.3 Å². The Hall–Kier alpha value is -2.18. The first kappa shape index (κ1) is 17.2. The summed E-state index contributed by atoms with van der Waals surface area (Å²) >= 11 is 0. The second-order valence-electron chi connectivity index (χ2n) is 7.03. The van der Waals surface area contributed by atoms with Crippen molar-refractivity contribution in [1.82, 2.24) is 9.88 Å². The first-order chi connectivity index (χ1) is 10.7. The molecule has 126 valence electrons. The van der Waals surface area contributed by atoms with Gasteiger partial charge in [0.2, 0.25) is 0 Å². The number of amides is 1. The maximum Gasteiger partial charge on any atom is 0.410 e. The average molecular weight is 321 g/mol. The van der Waals surface area contributed by atoms with Crippen LogP contribution in [0.5, 0.6) is 0 Å². The van der Waals surface area contributed by atoms with Gasteiger partial charge in [-0.25, -0.2) is 4.79 Å². The van der Waals surface area contributed by atoms with Crippen molar-refractivity contribution in [2.45, 2.75) is 52.2 Å². The molecule has 1 amide bonds. The van der Waals surface area contributed by atoms with Crippen molar-refractivity contribution in [3.05, 3.63) is 34.1 Å². The van der Waals surface area contributed by atoms with E-state index in [9.17, 15) is 14.9 Å². The Bertz CT molecular complexity index is 580. The number of hydrogen-bond donors (Lipinski definition) is 0. The van der Waals surface area contributed by atoms with Gasteiger partial charge in [0.15, 0.2) is 0 Å². The van der Waals surface area contributed by atoms with Crippen molar-refractivity contribution in [2.24, 2.45) is 5.92 Å². The third kappa shape index (κ3) is 4.40. The number of ether oxygens (including phenoxy) is 1. The summed E-state index contributed by atoms with van der Waals surface area (Å²) in [4.78, 5) is 28.6. The standard InChI is InChI=1S/C16H23N3O4/c1-11-5-8-14(13-7-6-12(9-17-13)19(21)22)18(10-11)15(20)23-16(2,3)4/h6-7,9,11,14H,5,8,10H2,1-4H3/t11-,14+/m1/s1. The molecule has 1 aliphatic rings. The van der Waals surface area contributed by atoms with Gasteiger partial charge in [0, 0.05) is 12.6 Å². The Morgan fingerprint density at radius 2 is 2.09 bits per heavy atom. The number of hydrogen-bond acceptors (Lipinski definition) is 5. The number of carbonyl (C=O) groups is 1. The molecule has 0 saturated carbocycles. The van der Waals surface area contributed by atoms with Gasteiger partial charge in [0.1, 0.15) is 11.8 Å². The summed E-state index contributed by atoms with van der Waals surface area (Å²) in [5, 5.41) is 10.7. The largest absolute Gasteiger partial charge is 0.444 e. The minimum atomic E-state index is -0.564. The third-order valence-electron chi connectivity index (χ3n) is 3.77. The summed E-state index contributed by atoms with van der Waals surface area (Å²) in [6.07, 6.45) is 2.61. The SMILES string of the molecule is C[C@@H]1CC[C@@H](c2ccc([N+](=O)[O-])cn2)N(C(=O)OC(C)(C)C)C1. The van der Waals surface area contributed by atoms with Crippen molar-refractivity contribution in [3.8, 4) is 0 Å². The summed E-state index contributed by atoms with van der Waals surface area (Å²) in [7, 11) is 0. The molecular weight excluding hydrogens is 298 g/mol. The number of likely N-dealkylation sites (tertiary alicyclic amines) is 1. The Kier molecular flexibility index (Phi) is 4.87. The molecule has 0 aliphatic carbocycles. The number of nitro groups is 1. The highest BCUT2D eigenvalue weighted by atomic mass is 16.6. The fraction of sp³-hybridized carbons (Fsp3) is 0.625. The molecule has 0 N–H and O–H groups in total. The zero-order valence-corrected chi connectivity index (χ0v) is 14.0. The first-order valence-electron chi connectivity index (χ1n) is 7.77. The number of nitrogens with zero attached hydrogens (tertiary/aromatic N) is 3. The van der Waals surface area contributed by atoms with Gasteiger partial charge in [-0.2, -0.15) is 0 Å². The van der Waals surface area contributed by atoms with Crippen LogP contribution in [-0.2, 0) is 4.74 Å². The maximum atomic E-state index is 12.5. The van der Waals surface area contributed by atoms with E-state index in [-0.39, 0.29) is 17.8 Å². The van der Waals surface area contributed by atoms with Crippen LogP contribution >= 0.6 is 0 Å². The van der Waals surface area contributed by atoms with Crippen LogP contribution in [0.15, 0.2) is 18.3 Å². The number of aromatic nitrogens is 1. The second-order valence-corrected chi connectivity index (χ2v) is 7.03. The van der Waals surface area contributed by atoms with Gasteiger partial charge >= 0.3 is 6.09 Å². The smallest absolute Gasteiger partial charge is 0.410 e. The topological polar surface area (TPSA) is 85.6 Å². The van der Waals surface area contributed by atoms with E-state index in [1.54, 1.807) is 11.0 Å². The highest BCUT2D eigenvalue weighted by Crippen LogP contribution is 2.33. The molecule has 0 aromatic carbocycles. The van der Waals surface area contributed by atoms with Gasteiger partial charge < -0.3 is 4.74 Å².